The largest absolute Gasteiger partial charge is 0.395 e. The second-order valence-corrected chi connectivity index (χ2v) is 3.99. The average Bonchev–Trinajstić information content (AvgIpc) is 2.47. The molecule has 0 aromatic heterocycles. The van der Waals surface area contributed by atoms with Gasteiger partial charge in [0.2, 0.25) is 5.91 Å². The normalized spacial score (nSPS) is 31.9. The molecule has 5 heteroatoms. The zero-order valence-electron chi connectivity index (χ0n) is 8.69. The van der Waals surface area contributed by atoms with Crippen molar-refractivity contribution in [2.24, 2.45) is 11.1 Å². The van der Waals surface area contributed by atoms with E-state index < -0.39 is 5.41 Å². The summed E-state index contributed by atoms with van der Waals surface area (Å²) in [6.45, 7) is 2.90. The Kier molecular flexibility index (Phi) is 3.47. The lowest BCUT2D eigenvalue weighted by Crippen LogP contribution is -2.50. The Morgan fingerprint density at radius 1 is 1.79 bits per heavy atom. The van der Waals surface area contributed by atoms with Crippen LogP contribution in [0.4, 0.5) is 0 Å². The van der Waals surface area contributed by atoms with Gasteiger partial charge in [0.1, 0.15) is 0 Å². The number of rotatable bonds is 3. The molecule has 0 aromatic rings. The molecule has 0 spiro atoms. The van der Waals surface area contributed by atoms with Crippen LogP contribution < -0.4 is 5.73 Å². The predicted molar refractivity (Wildman–Crippen MR) is 51.6 cm³/mol. The molecule has 3 N–H and O–H groups in total. The number of carbonyl (C=O) groups excluding carboxylic acids is 1. The van der Waals surface area contributed by atoms with Crippen molar-refractivity contribution in [1.29, 1.82) is 0 Å². The van der Waals surface area contributed by atoms with Gasteiger partial charge >= 0.3 is 0 Å². The van der Waals surface area contributed by atoms with E-state index in [4.69, 9.17) is 15.6 Å². The SMILES string of the molecule is CN(CCO)C(=O)C1(C)COCC1N. The minimum atomic E-state index is -0.635. The maximum absolute atomic E-state index is 11.9. The number of hydrogen-bond donors (Lipinski definition) is 2. The van der Waals surface area contributed by atoms with Crippen molar-refractivity contribution in [2.45, 2.75) is 13.0 Å². The Morgan fingerprint density at radius 3 is 2.86 bits per heavy atom. The van der Waals surface area contributed by atoms with Crippen LogP contribution in [-0.4, -0.2) is 55.4 Å². The first-order valence-corrected chi connectivity index (χ1v) is 4.72. The molecular weight excluding hydrogens is 184 g/mol. The van der Waals surface area contributed by atoms with E-state index in [0.717, 1.165) is 0 Å². The van der Waals surface area contributed by atoms with E-state index in [1.807, 2.05) is 0 Å². The second-order valence-electron chi connectivity index (χ2n) is 3.99. The molecule has 5 nitrogen and oxygen atoms in total. The van der Waals surface area contributed by atoms with Crippen LogP contribution in [0.25, 0.3) is 0 Å². The number of likely N-dealkylation sites (N-methyl/N-ethyl adjacent to an activating group) is 1. The summed E-state index contributed by atoms with van der Waals surface area (Å²) in [6, 6.07) is -0.254. The van der Waals surface area contributed by atoms with E-state index in [1.165, 1.54) is 4.90 Å². The van der Waals surface area contributed by atoms with Gasteiger partial charge in [0, 0.05) is 19.6 Å². The molecule has 0 bridgehead atoms. The maximum Gasteiger partial charge on any atom is 0.232 e. The summed E-state index contributed by atoms with van der Waals surface area (Å²) in [7, 11) is 1.66. The summed E-state index contributed by atoms with van der Waals surface area (Å²) >= 11 is 0. The van der Waals surface area contributed by atoms with Crippen molar-refractivity contribution < 1.29 is 14.6 Å². The summed E-state index contributed by atoms with van der Waals surface area (Å²) in [5.41, 5.74) is 5.18. The van der Waals surface area contributed by atoms with E-state index in [-0.39, 0.29) is 18.6 Å². The molecule has 14 heavy (non-hydrogen) atoms. The number of aliphatic hydroxyl groups excluding tert-OH is 1. The van der Waals surface area contributed by atoms with E-state index in [1.54, 1.807) is 14.0 Å². The maximum atomic E-state index is 11.9. The fourth-order valence-corrected chi connectivity index (χ4v) is 1.60. The molecule has 1 rings (SSSR count). The number of aliphatic hydroxyl groups is 1. The van der Waals surface area contributed by atoms with Gasteiger partial charge in [-0.25, -0.2) is 0 Å². The average molecular weight is 202 g/mol. The topological polar surface area (TPSA) is 75.8 Å². The van der Waals surface area contributed by atoms with Crippen LogP contribution in [0.3, 0.4) is 0 Å². The zero-order valence-corrected chi connectivity index (χ0v) is 8.69. The van der Waals surface area contributed by atoms with Crippen LogP contribution in [0.1, 0.15) is 6.92 Å². The van der Waals surface area contributed by atoms with Crippen molar-refractivity contribution in [3.63, 3.8) is 0 Å². The number of amides is 1. The molecule has 0 saturated carbocycles. The van der Waals surface area contributed by atoms with Gasteiger partial charge < -0.3 is 20.5 Å². The Balaban J connectivity index is 2.67. The predicted octanol–water partition coefficient (Wildman–Crippen LogP) is -1.20. The number of hydrogen-bond acceptors (Lipinski definition) is 4. The van der Waals surface area contributed by atoms with Crippen LogP contribution in [0.2, 0.25) is 0 Å². The van der Waals surface area contributed by atoms with Crippen LogP contribution in [-0.2, 0) is 9.53 Å². The first-order chi connectivity index (χ1) is 6.52. The number of nitrogens with zero attached hydrogens (tertiary/aromatic N) is 1. The Labute approximate surface area is 83.8 Å². The van der Waals surface area contributed by atoms with Gasteiger partial charge in [-0.05, 0) is 6.92 Å². The van der Waals surface area contributed by atoms with Gasteiger partial charge in [0.25, 0.3) is 0 Å². The van der Waals surface area contributed by atoms with Crippen molar-refractivity contribution in [2.75, 3.05) is 33.4 Å². The lowest BCUT2D eigenvalue weighted by molar-refractivity contribution is -0.140. The van der Waals surface area contributed by atoms with Crippen molar-refractivity contribution >= 4 is 5.91 Å². The Bertz CT molecular complexity index is 222. The minimum Gasteiger partial charge on any atom is -0.395 e. The molecular formula is C9H18N2O3. The Morgan fingerprint density at radius 2 is 2.43 bits per heavy atom. The van der Waals surface area contributed by atoms with Crippen molar-refractivity contribution in [1.82, 2.24) is 4.90 Å². The number of carbonyl (C=O) groups is 1. The number of ether oxygens (including phenoxy) is 1. The molecule has 1 aliphatic rings. The third-order valence-corrected chi connectivity index (χ3v) is 2.79. The lowest BCUT2D eigenvalue weighted by Gasteiger charge is -2.30. The highest BCUT2D eigenvalue weighted by molar-refractivity contribution is 5.83. The molecule has 0 aliphatic carbocycles. The number of nitrogens with two attached hydrogens (primary N) is 1. The fraction of sp³-hybridized carbons (Fsp3) is 0.889. The van der Waals surface area contributed by atoms with Crippen LogP contribution in [0.15, 0.2) is 0 Å². The van der Waals surface area contributed by atoms with Gasteiger partial charge in [-0.3, -0.25) is 4.79 Å². The molecule has 0 aromatic carbocycles. The molecule has 82 valence electrons. The Hall–Kier alpha value is -0.650. The van der Waals surface area contributed by atoms with Gasteiger partial charge in [0.05, 0.1) is 25.2 Å². The van der Waals surface area contributed by atoms with E-state index >= 15 is 0 Å². The molecule has 2 unspecified atom stereocenters. The van der Waals surface area contributed by atoms with E-state index in [9.17, 15) is 4.79 Å². The highest BCUT2D eigenvalue weighted by Crippen LogP contribution is 2.28. The highest BCUT2D eigenvalue weighted by atomic mass is 16.5. The van der Waals surface area contributed by atoms with Crippen LogP contribution in [0, 0.1) is 5.41 Å². The van der Waals surface area contributed by atoms with Crippen LogP contribution in [0.5, 0.6) is 0 Å². The summed E-state index contributed by atoms with van der Waals surface area (Å²) in [5.74, 6) is -0.0587. The standard InChI is InChI=1S/C9H18N2O3/c1-9(6-14-5-7(9)10)8(13)11(2)3-4-12/h7,12H,3-6,10H2,1-2H3. The van der Waals surface area contributed by atoms with Gasteiger partial charge in [-0.2, -0.15) is 0 Å². The van der Waals surface area contributed by atoms with E-state index in [2.05, 4.69) is 0 Å². The lowest BCUT2D eigenvalue weighted by atomic mass is 9.84. The highest BCUT2D eigenvalue weighted by Gasteiger charge is 2.45. The quantitative estimate of drug-likeness (QED) is 0.603. The summed E-state index contributed by atoms with van der Waals surface area (Å²) in [6.07, 6.45) is 0. The third-order valence-electron chi connectivity index (χ3n) is 2.79. The van der Waals surface area contributed by atoms with Gasteiger partial charge in [-0.15, -0.1) is 0 Å². The summed E-state index contributed by atoms with van der Waals surface area (Å²) < 4.78 is 5.19. The summed E-state index contributed by atoms with van der Waals surface area (Å²) in [4.78, 5) is 13.4. The molecule has 1 aliphatic heterocycles. The van der Waals surface area contributed by atoms with Crippen LogP contribution >= 0.6 is 0 Å². The molecule has 1 heterocycles. The van der Waals surface area contributed by atoms with Crippen molar-refractivity contribution in [3.05, 3.63) is 0 Å². The smallest absolute Gasteiger partial charge is 0.232 e. The van der Waals surface area contributed by atoms with Gasteiger partial charge in [0.15, 0.2) is 0 Å². The van der Waals surface area contributed by atoms with E-state index in [0.29, 0.717) is 19.8 Å². The monoisotopic (exact) mass is 202 g/mol. The minimum absolute atomic E-state index is 0.0333. The summed E-state index contributed by atoms with van der Waals surface area (Å²) in [5, 5.41) is 8.72. The van der Waals surface area contributed by atoms with Crippen molar-refractivity contribution in [3.8, 4) is 0 Å². The zero-order chi connectivity index (χ0) is 10.8. The molecule has 1 saturated heterocycles. The molecule has 2 atom stereocenters. The third kappa shape index (κ3) is 1.89. The second kappa shape index (κ2) is 4.25. The first-order valence-electron chi connectivity index (χ1n) is 4.72. The van der Waals surface area contributed by atoms with Gasteiger partial charge in [-0.1, -0.05) is 0 Å². The fourth-order valence-electron chi connectivity index (χ4n) is 1.60. The molecule has 1 fully saturated rings. The molecule has 0 radical (unpaired) electrons. The molecule has 1 amide bonds. The first kappa shape index (κ1) is 11.4.